The van der Waals surface area contributed by atoms with Crippen molar-refractivity contribution in [2.24, 2.45) is 11.3 Å². The van der Waals surface area contributed by atoms with Crippen molar-refractivity contribution < 1.29 is 4.74 Å². The second-order valence-electron chi connectivity index (χ2n) is 7.12. The lowest BCUT2D eigenvalue weighted by atomic mass is 9.59. The maximum absolute atomic E-state index is 6.41. The fourth-order valence-corrected chi connectivity index (χ4v) is 4.12. The Morgan fingerprint density at radius 3 is 2.72 bits per heavy atom. The maximum atomic E-state index is 6.41. The van der Waals surface area contributed by atoms with E-state index in [1.165, 1.54) is 36.8 Å². The Bertz CT molecular complexity index is 474. The van der Waals surface area contributed by atoms with E-state index in [2.05, 4.69) is 45.9 Å². The van der Waals surface area contributed by atoms with Crippen molar-refractivity contribution in [2.75, 3.05) is 0 Å². The van der Waals surface area contributed by atoms with Gasteiger partial charge in [-0.1, -0.05) is 31.5 Å². The molecule has 1 aromatic rings. The second kappa shape index (κ2) is 3.76. The molecule has 1 saturated carbocycles. The van der Waals surface area contributed by atoms with Crippen molar-refractivity contribution in [1.82, 2.24) is 0 Å². The Balaban J connectivity index is 2.04. The molecule has 0 bridgehead atoms. The van der Waals surface area contributed by atoms with Crippen LogP contribution in [0.5, 0.6) is 5.75 Å². The van der Waals surface area contributed by atoms with Crippen LogP contribution < -0.4 is 4.74 Å². The third-order valence-corrected chi connectivity index (χ3v) is 5.16. The van der Waals surface area contributed by atoms with Gasteiger partial charge in [0.2, 0.25) is 0 Å². The maximum Gasteiger partial charge on any atom is 0.123 e. The minimum Gasteiger partial charge on any atom is -0.487 e. The third-order valence-electron chi connectivity index (χ3n) is 5.16. The lowest BCUT2D eigenvalue weighted by molar-refractivity contribution is -0.0815. The van der Waals surface area contributed by atoms with Crippen molar-refractivity contribution in [2.45, 2.75) is 59.0 Å². The van der Waals surface area contributed by atoms with Crippen LogP contribution in [0.15, 0.2) is 18.2 Å². The molecule has 18 heavy (non-hydrogen) atoms. The van der Waals surface area contributed by atoms with Crippen LogP contribution in [-0.2, 0) is 6.42 Å². The molecule has 1 heteroatoms. The minimum atomic E-state index is 0.0456. The van der Waals surface area contributed by atoms with E-state index in [0.717, 1.165) is 5.75 Å². The molecule has 1 aliphatic carbocycles. The van der Waals surface area contributed by atoms with Gasteiger partial charge in [-0.05, 0) is 56.6 Å². The zero-order chi connectivity index (χ0) is 13.0. The van der Waals surface area contributed by atoms with Gasteiger partial charge in [-0.15, -0.1) is 0 Å². The predicted octanol–water partition coefficient (Wildman–Crippen LogP) is 4.51. The van der Waals surface area contributed by atoms with Crippen LogP contribution in [0.3, 0.4) is 0 Å². The number of hydrogen-bond donors (Lipinski definition) is 0. The Hall–Kier alpha value is -0.980. The van der Waals surface area contributed by atoms with Gasteiger partial charge < -0.3 is 4.74 Å². The van der Waals surface area contributed by atoms with E-state index in [-0.39, 0.29) is 5.60 Å². The summed E-state index contributed by atoms with van der Waals surface area (Å²) >= 11 is 0. The van der Waals surface area contributed by atoms with Gasteiger partial charge in [0.25, 0.3) is 0 Å². The van der Waals surface area contributed by atoms with Crippen molar-refractivity contribution in [1.29, 1.82) is 0 Å². The highest BCUT2D eigenvalue weighted by Crippen LogP contribution is 2.52. The van der Waals surface area contributed by atoms with E-state index >= 15 is 0 Å². The molecule has 2 aliphatic rings. The topological polar surface area (TPSA) is 9.23 Å². The fourth-order valence-electron chi connectivity index (χ4n) is 4.12. The van der Waals surface area contributed by atoms with E-state index in [1.54, 1.807) is 0 Å². The summed E-state index contributed by atoms with van der Waals surface area (Å²) < 4.78 is 6.41. The zero-order valence-corrected chi connectivity index (χ0v) is 12.0. The molecule has 1 aromatic carbocycles. The van der Waals surface area contributed by atoms with Gasteiger partial charge in [-0.2, -0.15) is 0 Å². The van der Waals surface area contributed by atoms with Crippen LogP contribution in [0.25, 0.3) is 0 Å². The number of fused-ring (bicyclic) bond motifs is 2. The van der Waals surface area contributed by atoms with Gasteiger partial charge in [-0.3, -0.25) is 0 Å². The summed E-state index contributed by atoms with van der Waals surface area (Å²) in [5.41, 5.74) is 3.19. The first kappa shape index (κ1) is 12.1. The molecule has 1 fully saturated rings. The minimum absolute atomic E-state index is 0.0456. The van der Waals surface area contributed by atoms with Gasteiger partial charge in [0.15, 0.2) is 0 Å². The summed E-state index contributed by atoms with van der Waals surface area (Å²) in [6.07, 6.45) is 5.01. The monoisotopic (exact) mass is 244 g/mol. The first-order chi connectivity index (χ1) is 8.41. The molecule has 0 spiro atoms. The molecule has 2 atom stereocenters. The predicted molar refractivity (Wildman–Crippen MR) is 75.0 cm³/mol. The largest absolute Gasteiger partial charge is 0.487 e. The molecule has 1 heterocycles. The molecule has 0 unspecified atom stereocenters. The highest BCUT2D eigenvalue weighted by molar-refractivity contribution is 5.40. The van der Waals surface area contributed by atoms with Gasteiger partial charge in [-0.25, -0.2) is 0 Å². The van der Waals surface area contributed by atoms with Crippen molar-refractivity contribution in [3.8, 4) is 5.75 Å². The van der Waals surface area contributed by atoms with Crippen molar-refractivity contribution >= 4 is 0 Å². The summed E-state index contributed by atoms with van der Waals surface area (Å²) in [6.45, 7) is 9.32. The molecule has 1 nitrogen and oxygen atoms in total. The van der Waals surface area contributed by atoms with Gasteiger partial charge in [0, 0.05) is 5.92 Å². The molecule has 0 aromatic heterocycles. The highest BCUT2D eigenvalue weighted by atomic mass is 16.5. The number of ether oxygens (including phenoxy) is 1. The molecular formula is C17H24O. The average Bonchev–Trinajstić information content (AvgIpc) is 2.27. The van der Waals surface area contributed by atoms with Crippen LogP contribution in [0, 0.1) is 18.3 Å². The fraction of sp³-hybridized carbons (Fsp3) is 0.647. The summed E-state index contributed by atoms with van der Waals surface area (Å²) in [7, 11) is 0. The number of hydrogen-bond acceptors (Lipinski definition) is 1. The summed E-state index contributed by atoms with van der Waals surface area (Å²) in [4.78, 5) is 0. The van der Waals surface area contributed by atoms with Crippen molar-refractivity contribution in [3.63, 3.8) is 0 Å². The van der Waals surface area contributed by atoms with Crippen LogP contribution in [0.2, 0.25) is 0 Å². The van der Waals surface area contributed by atoms with Gasteiger partial charge in [0.05, 0.1) is 0 Å². The van der Waals surface area contributed by atoms with E-state index in [1.807, 2.05) is 0 Å². The Kier molecular flexibility index (Phi) is 2.52. The van der Waals surface area contributed by atoms with Gasteiger partial charge >= 0.3 is 0 Å². The van der Waals surface area contributed by atoms with E-state index < -0.39 is 0 Å². The molecule has 98 valence electrons. The molecule has 3 rings (SSSR count). The summed E-state index contributed by atoms with van der Waals surface area (Å²) in [6, 6.07) is 6.63. The first-order valence-electron chi connectivity index (χ1n) is 7.19. The standard InChI is InChI=1S/C17H24O/c1-12-6-7-14-13(10-12)11-15-16(2,3)8-5-9-17(15,4)18-14/h6-7,10,15H,5,8-9,11H2,1-4H3/t15-,17-/m1/s1. The van der Waals surface area contributed by atoms with Crippen molar-refractivity contribution in [3.05, 3.63) is 29.3 Å². The van der Waals surface area contributed by atoms with Gasteiger partial charge in [0.1, 0.15) is 11.4 Å². The Morgan fingerprint density at radius 2 is 1.94 bits per heavy atom. The van der Waals surface area contributed by atoms with Crippen LogP contribution in [-0.4, -0.2) is 5.60 Å². The molecule has 0 amide bonds. The number of benzene rings is 1. The first-order valence-corrected chi connectivity index (χ1v) is 7.19. The van der Waals surface area contributed by atoms with Crippen LogP contribution >= 0.6 is 0 Å². The normalized spacial score (nSPS) is 33.2. The third kappa shape index (κ3) is 1.75. The summed E-state index contributed by atoms with van der Waals surface area (Å²) in [5, 5.41) is 0. The SMILES string of the molecule is Cc1ccc2c(c1)C[C@@H]1C(C)(C)CCC[C@@]1(C)O2. The van der Waals surface area contributed by atoms with E-state index in [4.69, 9.17) is 4.74 Å². The number of aryl methyl sites for hydroxylation is 1. The van der Waals surface area contributed by atoms with E-state index in [9.17, 15) is 0 Å². The molecular weight excluding hydrogens is 220 g/mol. The molecule has 0 saturated heterocycles. The van der Waals surface area contributed by atoms with Crippen LogP contribution in [0.1, 0.15) is 51.2 Å². The lowest BCUT2D eigenvalue weighted by Crippen LogP contribution is -2.53. The molecule has 0 N–H and O–H groups in total. The number of rotatable bonds is 0. The Morgan fingerprint density at radius 1 is 1.17 bits per heavy atom. The Labute approximate surface area is 111 Å². The zero-order valence-electron chi connectivity index (χ0n) is 12.0. The smallest absolute Gasteiger partial charge is 0.123 e. The quantitative estimate of drug-likeness (QED) is 0.652. The lowest BCUT2D eigenvalue weighted by Gasteiger charge is -2.53. The summed E-state index contributed by atoms with van der Waals surface area (Å²) in [5.74, 6) is 1.77. The highest BCUT2D eigenvalue weighted by Gasteiger charge is 2.50. The average molecular weight is 244 g/mol. The molecule has 1 aliphatic heterocycles. The van der Waals surface area contributed by atoms with Crippen LogP contribution in [0.4, 0.5) is 0 Å². The second-order valence-corrected chi connectivity index (χ2v) is 7.12. The van der Waals surface area contributed by atoms with E-state index in [0.29, 0.717) is 11.3 Å². The molecule has 0 radical (unpaired) electrons.